The maximum Gasteiger partial charge on any atom is 0.229 e. The highest BCUT2D eigenvalue weighted by Crippen LogP contribution is 2.64. The van der Waals surface area contributed by atoms with Crippen LogP contribution in [-0.4, -0.2) is 220 Å². The predicted octanol–water partition coefficient (Wildman–Crippen LogP) is 19.4. The van der Waals surface area contributed by atoms with Crippen molar-refractivity contribution in [3.05, 3.63) is 136 Å². The maximum absolute atomic E-state index is 11.6. The minimum absolute atomic E-state index is 0.118. The Morgan fingerprint density at radius 1 is 0.293 bits per heavy atom. The SMILES string of the molecule is CC(C)=CC1CC(C)C2CCC(C)c3c(O)c(OC4OC(C)C(O)C(O)C4O)c(C)c1c32.CC(C)=CC1CC(C)C2CCC(C)c3c(O)c(OC4OCC(O)C(O)C4O)c(C)c1c32.COC1C(C)OC(Oc2c(O)c(C)c3c4c2[C@H](C)CCC4C(C)C[C@@H]3C=C(C)C)C(OC)C1OC.COc1c(C)c2c3c(c1OC1OCC(OC)C(OC)C1OC)C(C)CCC3C(C)CC2C=C(C)C. The Kier molecular flexibility index (Phi) is 33.7. The van der Waals surface area contributed by atoms with E-state index in [-0.39, 0.29) is 84.0 Å². The van der Waals surface area contributed by atoms with E-state index < -0.39 is 80.1 Å². The molecular weight excluding hydrogens is 1690 g/mol. The van der Waals surface area contributed by atoms with Crippen molar-refractivity contribution in [2.75, 3.05) is 63.0 Å². The van der Waals surface area contributed by atoms with Crippen LogP contribution in [0.1, 0.15) is 362 Å². The van der Waals surface area contributed by atoms with Crippen LogP contribution in [0.5, 0.6) is 46.0 Å². The zero-order valence-electron chi connectivity index (χ0n) is 85.0. The molecule has 24 heteroatoms. The summed E-state index contributed by atoms with van der Waals surface area (Å²) in [6.07, 6.45) is 7.99. The first-order valence-corrected chi connectivity index (χ1v) is 49.5. The van der Waals surface area contributed by atoms with Crippen LogP contribution in [0.2, 0.25) is 0 Å². The summed E-state index contributed by atoms with van der Waals surface area (Å²) in [6, 6.07) is 0. The molecule has 4 heterocycles. The highest BCUT2D eigenvalue weighted by atomic mass is 16.7. The number of benzene rings is 4. The number of methoxy groups -OCH3 is 7. The Morgan fingerprint density at radius 2 is 0.632 bits per heavy atom. The zero-order valence-corrected chi connectivity index (χ0v) is 85.0. The smallest absolute Gasteiger partial charge is 0.229 e. The zero-order chi connectivity index (χ0) is 97.1. The number of allylic oxidation sites excluding steroid dienone is 8. The van der Waals surface area contributed by atoms with E-state index in [4.69, 9.17) is 71.1 Å². The molecule has 0 saturated carbocycles. The normalized spacial score (nSPS) is 36.6. The fourth-order valence-electron chi connectivity index (χ4n) is 25.9. The second kappa shape index (κ2) is 43.1. The molecule has 12 aliphatic rings. The van der Waals surface area contributed by atoms with Gasteiger partial charge in [0.15, 0.2) is 46.0 Å². The number of hydrogen-bond acceptors (Lipinski definition) is 24. The van der Waals surface area contributed by atoms with Gasteiger partial charge in [-0.05, 0) is 312 Å². The third-order valence-electron chi connectivity index (χ3n) is 32.3. The number of ether oxygens (including phenoxy) is 15. The van der Waals surface area contributed by atoms with Crippen LogP contribution < -0.4 is 23.7 Å². The average molecular weight is 1860 g/mol. The molecule has 32 unspecified atom stereocenters. The Bertz CT molecular complexity index is 4860. The topological polar surface area (TPSA) is 321 Å². The number of aliphatic hydroxyl groups excluding tert-OH is 6. The molecule has 9 N–H and O–H groups in total. The average Bonchev–Trinajstić information content (AvgIpc) is 0.731. The van der Waals surface area contributed by atoms with Crippen LogP contribution in [0.3, 0.4) is 0 Å². The first-order chi connectivity index (χ1) is 63.0. The number of rotatable bonds is 19. The van der Waals surface area contributed by atoms with Crippen molar-refractivity contribution in [3.8, 4) is 46.0 Å². The summed E-state index contributed by atoms with van der Waals surface area (Å²) in [5, 5.41) is 95.3. The molecule has 8 aliphatic carbocycles. The van der Waals surface area contributed by atoms with E-state index in [1.165, 1.54) is 97.2 Å². The van der Waals surface area contributed by atoms with Crippen molar-refractivity contribution in [2.24, 2.45) is 23.7 Å². The molecule has 24 nitrogen and oxygen atoms in total. The molecule has 4 aromatic carbocycles. The lowest BCUT2D eigenvalue weighted by molar-refractivity contribution is -0.283. The molecule has 0 radical (unpaired) electrons. The lowest BCUT2D eigenvalue weighted by Gasteiger charge is -2.46. The summed E-state index contributed by atoms with van der Waals surface area (Å²) >= 11 is 0. The van der Waals surface area contributed by atoms with Gasteiger partial charge in [0, 0.05) is 88.6 Å². The lowest BCUT2D eigenvalue weighted by Crippen LogP contribution is -2.60. The summed E-state index contributed by atoms with van der Waals surface area (Å²) in [4.78, 5) is 0. The molecule has 0 amide bonds. The Labute approximate surface area is 792 Å². The van der Waals surface area contributed by atoms with Gasteiger partial charge >= 0.3 is 0 Å². The minimum atomic E-state index is -1.42. The number of aromatic hydroxyl groups is 3. The van der Waals surface area contributed by atoms with Crippen LogP contribution in [0.25, 0.3) is 0 Å². The van der Waals surface area contributed by atoms with E-state index in [9.17, 15) is 46.0 Å². The van der Waals surface area contributed by atoms with Gasteiger partial charge in [-0.25, -0.2) is 0 Å². The minimum Gasteiger partial charge on any atom is -0.504 e. The summed E-state index contributed by atoms with van der Waals surface area (Å²) in [6.45, 7) is 47.4. The van der Waals surface area contributed by atoms with Gasteiger partial charge in [0.2, 0.25) is 25.2 Å². The second-order valence-electron chi connectivity index (χ2n) is 42.5. The summed E-state index contributed by atoms with van der Waals surface area (Å²) in [5.41, 5.74) is 24.0. The number of phenolic OH excluding ortho intramolecular Hbond substituents is 3. The second-order valence-corrected chi connectivity index (χ2v) is 42.5. The molecule has 742 valence electrons. The highest BCUT2D eigenvalue weighted by molar-refractivity contribution is 5.69. The predicted molar refractivity (Wildman–Crippen MR) is 513 cm³/mol. The van der Waals surface area contributed by atoms with Crippen LogP contribution in [0.4, 0.5) is 0 Å². The largest absolute Gasteiger partial charge is 0.504 e. The molecule has 4 fully saturated rings. The Hall–Kier alpha value is -6.40. The van der Waals surface area contributed by atoms with Gasteiger partial charge in [-0.2, -0.15) is 0 Å². The van der Waals surface area contributed by atoms with Gasteiger partial charge in [-0.15, -0.1) is 0 Å². The highest BCUT2D eigenvalue weighted by Gasteiger charge is 2.54. The molecule has 4 aliphatic heterocycles. The molecule has 4 aromatic rings. The molecule has 4 saturated heterocycles. The van der Waals surface area contributed by atoms with Gasteiger partial charge in [0.25, 0.3) is 0 Å². The van der Waals surface area contributed by atoms with Crippen LogP contribution >= 0.6 is 0 Å². The third-order valence-corrected chi connectivity index (χ3v) is 32.3. The van der Waals surface area contributed by atoms with Gasteiger partial charge in [-0.3, -0.25) is 0 Å². The van der Waals surface area contributed by atoms with E-state index in [2.05, 4.69) is 142 Å². The van der Waals surface area contributed by atoms with Crippen molar-refractivity contribution >= 4 is 0 Å². The monoisotopic (exact) mass is 1860 g/mol. The molecule has 16 rings (SSSR count). The van der Waals surface area contributed by atoms with E-state index in [1.54, 1.807) is 56.7 Å². The molecule has 133 heavy (non-hydrogen) atoms. The molecule has 0 spiro atoms. The fraction of sp³-hybridized carbons (Fsp3) is 0.706. The van der Waals surface area contributed by atoms with Crippen molar-refractivity contribution in [1.29, 1.82) is 0 Å². The maximum atomic E-state index is 11.6. The van der Waals surface area contributed by atoms with Gasteiger partial charge < -0.3 is 117 Å². The third kappa shape index (κ3) is 20.0. The van der Waals surface area contributed by atoms with Crippen LogP contribution in [0.15, 0.2) is 46.6 Å². The number of aliphatic hydroxyl groups is 6. The summed E-state index contributed by atoms with van der Waals surface area (Å²) < 4.78 is 89.6. The van der Waals surface area contributed by atoms with Crippen LogP contribution in [-0.2, 0) is 47.4 Å². The Balaban J connectivity index is 0.000000151. The first-order valence-electron chi connectivity index (χ1n) is 49.5. The number of hydrogen-bond donors (Lipinski definition) is 9. The molecule has 0 bridgehead atoms. The van der Waals surface area contributed by atoms with Gasteiger partial charge in [0.1, 0.15) is 73.2 Å². The molecule has 0 aromatic heterocycles. The van der Waals surface area contributed by atoms with E-state index in [0.29, 0.717) is 89.0 Å². The van der Waals surface area contributed by atoms with E-state index >= 15 is 0 Å². The fourth-order valence-corrected chi connectivity index (χ4v) is 25.9. The lowest BCUT2D eigenvalue weighted by atomic mass is 9.62. The van der Waals surface area contributed by atoms with E-state index in [1.807, 2.05) is 27.7 Å². The van der Waals surface area contributed by atoms with E-state index in [0.717, 1.165) is 103 Å². The first kappa shape index (κ1) is 104. The standard InChI is InChI=1S/2C29H44O6.C26H38O6.C25H36O6/c1-15(2)12-19-13-17(4)20-11-10-16(3)22-24(20)23(19)18(5)25(31-7)27(22)35-29-28(33-9)26(32-8)21(30-6)14-34-29;1-14(2)12-19-13-16(4)20-11-10-15(3)21-23(20)22(19)17(5)24(30)26(21)35-29-28(33-9)27(32-8)25(31-7)18(6)34-29;1-11(2)9-16-10-13(4)17-8-7-12(3)18-20(17)19(16)14(5)25(22(18)28)32-26-24(30)23(29)21(27)15(6)31-26;1-11(2)8-15-9-13(4)16-7-6-12(3)18-20(16)19(15)14(5)24(22(18)28)31-25-23(29)21(27)17(26)10-30-25/h12,16-17,19-21,26,28-29H,10-11,13-14H2,1-9H3;12,15-16,18-20,25,27-30H,10-11,13H2,1-9H3;9,12-13,15-17,21,23-24,26-30H,7-8,10H2,1-6H3;8,12-13,15-17,21,23,25-29H,6-7,9-10H2,1-5H3/t;15-,16?,18?,19+,20?,25?,27?,28?,29?;;/m.1../s1. The Morgan fingerprint density at radius 3 is 1.03 bits per heavy atom. The molecule has 34 atom stereocenters. The van der Waals surface area contributed by atoms with Gasteiger partial charge in [-0.1, -0.05) is 102 Å². The summed E-state index contributed by atoms with van der Waals surface area (Å²) in [5.74, 6) is 9.62. The number of phenols is 3. The van der Waals surface area contributed by atoms with Crippen molar-refractivity contribution in [1.82, 2.24) is 0 Å². The molecular formula is C109H162O24. The van der Waals surface area contributed by atoms with Crippen LogP contribution in [0, 0.1) is 51.4 Å². The van der Waals surface area contributed by atoms with Crippen molar-refractivity contribution in [2.45, 2.75) is 411 Å². The quantitative estimate of drug-likeness (QED) is 0.0394. The van der Waals surface area contributed by atoms with Crippen molar-refractivity contribution in [3.63, 3.8) is 0 Å². The van der Waals surface area contributed by atoms with Gasteiger partial charge in [0.05, 0.1) is 32.5 Å². The summed E-state index contributed by atoms with van der Waals surface area (Å²) in [7, 11) is 11.7. The van der Waals surface area contributed by atoms with Crippen molar-refractivity contribution < 1.29 is 117 Å².